The summed E-state index contributed by atoms with van der Waals surface area (Å²) in [4.78, 5) is 12.5. The van der Waals surface area contributed by atoms with E-state index in [1.807, 2.05) is 31.2 Å². The Morgan fingerprint density at radius 1 is 1.03 bits per heavy atom. The van der Waals surface area contributed by atoms with Crippen LogP contribution in [0, 0.1) is 6.92 Å². The van der Waals surface area contributed by atoms with Gasteiger partial charge in [-0.3, -0.25) is 0 Å². The molecule has 0 bridgehead atoms. The van der Waals surface area contributed by atoms with Crippen molar-refractivity contribution in [3.05, 3.63) is 69.6 Å². The number of benzene rings is 2. The summed E-state index contributed by atoms with van der Waals surface area (Å²) in [7, 11) is 1.58. The van der Waals surface area contributed by atoms with Crippen LogP contribution in [0.1, 0.15) is 39.2 Å². The zero-order valence-electron chi connectivity index (χ0n) is 17.8. The highest BCUT2D eigenvalue weighted by Crippen LogP contribution is 2.32. The van der Waals surface area contributed by atoms with Gasteiger partial charge in [-0.15, -0.1) is 0 Å². The number of fused-ring (bicyclic) bond motifs is 3. The van der Waals surface area contributed by atoms with Crippen molar-refractivity contribution in [3.8, 4) is 11.5 Å². The molecule has 1 aromatic heterocycles. The molecule has 4 heteroatoms. The molecule has 0 aliphatic rings. The molecule has 0 radical (unpaired) electrons. The van der Waals surface area contributed by atoms with Gasteiger partial charge in [0.15, 0.2) is 0 Å². The molecule has 0 unspecified atom stereocenters. The molecule has 4 nitrogen and oxygen atoms in total. The third kappa shape index (κ3) is 4.70. The molecule has 3 rings (SSSR count). The zero-order valence-corrected chi connectivity index (χ0v) is 17.8. The maximum atomic E-state index is 12.5. The van der Waals surface area contributed by atoms with Gasteiger partial charge in [-0.25, -0.2) is 4.79 Å². The Bertz CT molecular complexity index is 1140. The minimum absolute atomic E-state index is 0.373. The second-order valence-electron chi connectivity index (χ2n) is 7.55. The van der Waals surface area contributed by atoms with Gasteiger partial charge in [0.1, 0.15) is 23.7 Å². The number of aryl methyl sites for hydroxylation is 1. The number of methoxy groups -OCH3 is 1. The Morgan fingerprint density at radius 2 is 1.79 bits per heavy atom. The van der Waals surface area contributed by atoms with Crippen LogP contribution < -0.4 is 15.1 Å². The first-order valence-electron chi connectivity index (χ1n) is 9.86. The van der Waals surface area contributed by atoms with Crippen LogP contribution >= 0.6 is 0 Å². The monoisotopic (exact) mass is 392 g/mol. The minimum Gasteiger partial charge on any atom is -0.497 e. The molecule has 29 heavy (non-hydrogen) atoms. The molecule has 0 amide bonds. The van der Waals surface area contributed by atoms with Crippen LogP contribution in [0.3, 0.4) is 0 Å². The smallest absolute Gasteiger partial charge is 0.344 e. The quantitative estimate of drug-likeness (QED) is 0.268. The lowest BCUT2D eigenvalue weighted by molar-refractivity contribution is 0.358. The Labute approximate surface area is 171 Å². The van der Waals surface area contributed by atoms with Crippen molar-refractivity contribution in [2.24, 2.45) is 0 Å². The summed E-state index contributed by atoms with van der Waals surface area (Å²) in [5, 5.41) is 2.25. The third-order valence-corrected chi connectivity index (χ3v) is 5.05. The Morgan fingerprint density at radius 3 is 2.52 bits per heavy atom. The van der Waals surface area contributed by atoms with Crippen molar-refractivity contribution < 1.29 is 13.9 Å². The maximum Gasteiger partial charge on any atom is 0.344 e. The van der Waals surface area contributed by atoms with Crippen LogP contribution in [0.25, 0.3) is 21.7 Å². The standard InChI is InChI=1S/C25H28O4/c1-16(2)7-6-8-17(3)13-14-28-23-12-11-21-20-10-9-19(27-5)15-22(20)25(26)29-24(21)18(23)4/h7,9-13,15H,6,8,14H2,1-5H3. The largest absolute Gasteiger partial charge is 0.497 e. The lowest BCUT2D eigenvalue weighted by Gasteiger charge is -2.11. The summed E-state index contributed by atoms with van der Waals surface area (Å²) in [5.41, 5.74) is 3.66. The SMILES string of the molecule is COc1ccc2c(c1)c(=O)oc1c(C)c(OCC=C(C)CCC=C(C)C)ccc12. The molecule has 0 atom stereocenters. The van der Waals surface area contributed by atoms with Gasteiger partial charge in [0.2, 0.25) is 0 Å². The summed E-state index contributed by atoms with van der Waals surface area (Å²) >= 11 is 0. The molecular weight excluding hydrogens is 364 g/mol. The van der Waals surface area contributed by atoms with E-state index < -0.39 is 0 Å². The van der Waals surface area contributed by atoms with Crippen LogP contribution in [-0.2, 0) is 0 Å². The van der Waals surface area contributed by atoms with Gasteiger partial charge in [0.05, 0.1) is 12.5 Å². The van der Waals surface area contributed by atoms with Gasteiger partial charge >= 0.3 is 5.63 Å². The molecule has 2 aromatic carbocycles. The van der Waals surface area contributed by atoms with Crippen molar-refractivity contribution in [2.45, 2.75) is 40.5 Å². The van der Waals surface area contributed by atoms with Crippen molar-refractivity contribution in [1.82, 2.24) is 0 Å². The Balaban J connectivity index is 1.86. The van der Waals surface area contributed by atoms with Crippen molar-refractivity contribution in [2.75, 3.05) is 13.7 Å². The molecule has 0 spiro atoms. The van der Waals surface area contributed by atoms with E-state index >= 15 is 0 Å². The predicted octanol–water partition coefficient (Wildman–Crippen LogP) is 6.33. The lowest BCUT2D eigenvalue weighted by atomic mass is 10.0. The average Bonchev–Trinajstić information content (AvgIpc) is 2.69. The second kappa shape index (κ2) is 8.99. The third-order valence-electron chi connectivity index (χ3n) is 5.05. The highest BCUT2D eigenvalue weighted by atomic mass is 16.5. The second-order valence-corrected chi connectivity index (χ2v) is 7.55. The lowest BCUT2D eigenvalue weighted by Crippen LogP contribution is -2.03. The van der Waals surface area contributed by atoms with Crippen LogP contribution in [0.15, 0.2) is 62.8 Å². The molecule has 0 saturated carbocycles. The van der Waals surface area contributed by atoms with Gasteiger partial charge in [-0.05, 0) is 76.9 Å². The normalized spacial score (nSPS) is 11.7. The van der Waals surface area contributed by atoms with Gasteiger partial charge in [0, 0.05) is 16.3 Å². The van der Waals surface area contributed by atoms with Crippen LogP contribution in [-0.4, -0.2) is 13.7 Å². The van der Waals surface area contributed by atoms with E-state index in [-0.39, 0.29) is 5.63 Å². The van der Waals surface area contributed by atoms with Crippen LogP contribution in [0.2, 0.25) is 0 Å². The van der Waals surface area contributed by atoms with E-state index in [1.165, 1.54) is 11.1 Å². The molecule has 0 aliphatic carbocycles. The highest BCUT2D eigenvalue weighted by Gasteiger charge is 2.13. The number of hydrogen-bond acceptors (Lipinski definition) is 4. The van der Waals surface area contributed by atoms with E-state index in [1.54, 1.807) is 13.2 Å². The average molecular weight is 392 g/mol. The van der Waals surface area contributed by atoms with E-state index in [0.717, 1.165) is 34.9 Å². The van der Waals surface area contributed by atoms with Gasteiger partial charge in [-0.1, -0.05) is 17.2 Å². The van der Waals surface area contributed by atoms with Gasteiger partial charge in [0.25, 0.3) is 0 Å². The first-order chi connectivity index (χ1) is 13.9. The summed E-state index contributed by atoms with van der Waals surface area (Å²) < 4.78 is 16.8. The summed E-state index contributed by atoms with van der Waals surface area (Å²) in [5.74, 6) is 1.36. The molecule has 0 aliphatic heterocycles. The van der Waals surface area contributed by atoms with Crippen LogP contribution in [0.4, 0.5) is 0 Å². The highest BCUT2D eigenvalue weighted by molar-refractivity contribution is 6.05. The molecule has 152 valence electrons. The molecule has 0 N–H and O–H groups in total. The van der Waals surface area contributed by atoms with Crippen molar-refractivity contribution >= 4 is 21.7 Å². The molecular formula is C25H28O4. The molecule has 3 aromatic rings. The molecule has 0 fully saturated rings. The van der Waals surface area contributed by atoms with E-state index in [2.05, 4.69) is 32.9 Å². The van der Waals surface area contributed by atoms with Gasteiger partial charge < -0.3 is 13.9 Å². The maximum absolute atomic E-state index is 12.5. The van der Waals surface area contributed by atoms with Crippen molar-refractivity contribution in [1.29, 1.82) is 0 Å². The fourth-order valence-corrected chi connectivity index (χ4v) is 3.34. The fraction of sp³-hybridized carbons (Fsp3) is 0.320. The number of rotatable bonds is 7. The minimum atomic E-state index is -0.373. The zero-order chi connectivity index (χ0) is 21.0. The number of hydrogen-bond donors (Lipinski definition) is 0. The number of allylic oxidation sites excluding steroid dienone is 3. The Kier molecular flexibility index (Phi) is 6.42. The molecule has 1 heterocycles. The first kappa shape index (κ1) is 20.7. The van der Waals surface area contributed by atoms with E-state index in [4.69, 9.17) is 13.9 Å². The Hall–Kier alpha value is -3.01. The summed E-state index contributed by atoms with van der Waals surface area (Å²) in [6.45, 7) is 8.75. The van der Waals surface area contributed by atoms with Crippen molar-refractivity contribution in [3.63, 3.8) is 0 Å². The summed E-state index contributed by atoms with van der Waals surface area (Å²) in [6, 6.07) is 9.34. The topological polar surface area (TPSA) is 48.7 Å². The van der Waals surface area contributed by atoms with E-state index in [9.17, 15) is 4.79 Å². The first-order valence-corrected chi connectivity index (χ1v) is 9.86. The molecule has 0 saturated heterocycles. The predicted molar refractivity (Wildman–Crippen MR) is 119 cm³/mol. The van der Waals surface area contributed by atoms with E-state index in [0.29, 0.717) is 23.3 Å². The van der Waals surface area contributed by atoms with Crippen LogP contribution in [0.5, 0.6) is 11.5 Å². The van der Waals surface area contributed by atoms with Gasteiger partial charge in [-0.2, -0.15) is 0 Å². The number of ether oxygens (including phenoxy) is 2. The summed E-state index contributed by atoms with van der Waals surface area (Å²) in [6.07, 6.45) is 6.41. The fourth-order valence-electron chi connectivity index (χ4n) is 3.34.